The molecule has 0 unspecified atom stereocenters. The van der Waals surface area contributed by atoms with Crippen LogP contribution < -0.4 is 0 Å². The Kier molecular flexibility index (Phi) is 3.86. The molecule has 1 aromatic rings. The molecule has 1 aromatic heterocycles. The highest BCUT2D eigenvalue weighted by atomic mass is 32.2. The number of hydrogen-bond acceptors (Lipinski definition) is 4. The predicted octanol–water partition coefficient (Wildman–Crippen LogP) is 1.34. The Bertz CT molecular complexity index is 581. The van der Waals surface area contributed by atoms with E-state index in [0.717, 1.165) is 19.0 Å². The minimum atomic E-state index is -3.79. The third-order valence-electron chi connectivity index (χ3n) is 3.00. The maximum atomic E-state index is 12.6. The first-order valence-corrected chi connectivity index (χ1v) is 7.61. The van der Waals surface area contributed by atoms with Gasteiger partial charge in [0.25, 0.3) is 0 Å². The van der Waals surface area contributed by atoms with Gasteiger partial charge in [-0.3, -0.25) is 4.98 Å². The zero-order valence-electron chi connectivity index (χ0n) is 10.6. The molecule has 0 atom stereocenters. The number of hydrogen-bond donors (Lipinski definition) is 1. The van der Waals surface area contributed by atoms with Gasteiger partial charge in [0.05, 0.1) is 5.56 Å². The van der Waals surface area contributed by atoms with Gasteiger partial charge < -0.3 is 5.11 Å². The Morgan fingerprint density at radius 2 is 2.21 bits per heavy atom. The second-order valence-corrected chi connectivity index (χ2v) is 6.38. The van der Waals surface area contributed by atoms with E-state index in [0.29, 0.717) is 13.0 Å². The van der Waals surface area contributed by atoms with Crippen molar-refractivity contribution in [3.05, 3.63) is 24.0 Å². The summed E-state index contributed by atoms with van der Waals surface area (Å²) in [6.45, 7) is 2.30. The highest BCUT2D eigenvalue weighted by molar-refractivity contribution is 7.89. The highest BCUT2D eigenvalue weighted by Crippen LogP contribution is 2.32. The first kappa shape index (κ1) is 14.0. The molecule has 1 aliphatic rings. The number of pyridine rings is 1. The number of aromatic nitrogens is 1. The van der Waals surface area contributed by atoms with Crippen LogP contribution in [0.2, 0.25) is 0 Å². The van der Waals surface area contributed by atoms with Crippen LogP contribution in [0, 0.1) is 0 Å². The number of carboxylic acids is 1. The van der Waals surface area contributed by atoms with Crippen molar-refractivity contribution in [2.75, 3.05) is 6.54 Å². The second kappa shape index (κ2) is 5.26. The van der Waals surface area contributed by atoms with E-state index < -0.39 is 16.0 Å². The van der Waals surface area contributed by atoms with E-state index in [1.54, 1.807) is 0 Å². The molecule has 1 N–H and O–H groups in total. The van der Waals surface area contributed by atoms with E-state index in [1.807, 2.05) is 6.92 Å². The summed E-state index contributed by atoms with van der Waals surface area (Å²) in [6, 6.07) is 1.22. The van der Waals surface area contributed by atoms with Gasteiger partial charge in [-0.1, -0.05) is 6.92 Å². The van der Waals surface area contributed by atoms with Crippen molar-refractivity contribution < 1.29 is 18.3 Å². The fraction of sp³-hybridized carbons (Fsp3) is 0.500. The van der Waals surface area contributed by atoms with Crippen molar-refractivity contribution in [3.8, 4) is 0 Å². The normalized spacial score (nSPS) is 15.7. The van der Waals surface area contributed by atoms with Crippen LogP contribution in [0.4, 0.5) is 0 Å². The summed E-state index contributed by atoms with van der Waals surface area (Å²) in [7, 11) is -3.79. The van der Waals surface area contributed by atoms with Crippen molar-refractivity contribution in [3.63, 3.8) is 0 Å². The molecule has 0 spiro atoms. The summed E-state index contributed by atoms with van der Waals surface area (Å²) in [5.41, 5.74) is -0.225. The summed E-state index contributed by atoms with van der Waals surface area (Å²) in [4.78, 5) is 14.7. The molecule has 1 heterocycles. The number of sulfonamides is 1. The number of carbonyl (C=O) groups is 1. The zero-order chi connectivity index (χ0) is 14.0. The molecule has 1 aliphatic carbocycles. The fourth-order valence-electron chi connectivity index (χ4n) is 1.97. The Balaban J connectivity index is 2.46. The number of nitrogens with zero attached hydrogens (tertiary/aromatic N) is 2. The molecule has 1 saturated carbocycles. The zero-order valence-corrected chi connectivity index (χ0v) is 11.4. The fourth-order valence-corrected chi connectivity index (χ4v) is 3.88. The van der Waals surface area contributed by atoms with E-state index in [-0.39, 0.29) is 16.5 Å². The van der Waals surface area contributed by atoms with E-state index in [1.165, 1.54) is 16.6 Å². The van der Waals surface area contributed by atoms with Crippen LogP contribution in [0.1, 0.15) is 36.5 Å². The first-order valence-electron chi connectivity index (χ1n) is 6.17. The lowest BCUT2D eigenvalue weighted by molar-refractivity contribution is 0.0692. The van der Waals surface area contributed by atoms with Gasteiger partial charge in [0, 0.05) is 25.0 Å². The minimum absolute atomic E-state index is 0.00630. The summed E-state index contributed by atoms with van der Waals surface area (Å²) < 4.78 is 26.5. The van der Waals surface area contributed by atoms with Crippen molar-refractivity contribution in [1.82, 2.24) is 9.29 Å². The molecule has 0 aromatic carbocycles. The molecule has 104 valence electrons. The average molecular weight is 284 g/mol. The summed E-state index contributed by atoms with van der Waals surface area (Å²) in [5.74, 6) is -1.26. The minimum Gasteiger partial charge on any atom is -0.478 e. The topological polar surface area (TPSA) is 87.6 Å². The van der Waals surface area contributed by atoms with Crippen molar-refractivity contribution >= 4 is 16.0 Å². The molecule has 1 fully saturated rings. The van der Waals surface area contributed by atoms with Crippen LogP contribution >= 0.6 is 0 Å². The largest absolute Gasteiger partial charge is 0.478 e. The smallest absolute Gasteiger partial charge is 0.337 e. The summed E-state index contributed by atoms with van der Waals surface area (Å²) >= 11 is 0. The molecule has 0 aliphatic heterocycles. The van der Waals surface area contributed by atoms with Crippen LogP contribution in [0.5, 0.6) is 0 Å². The van der Waals surface area contributed by atoms with Crippen LogP contribution in [-0.2, 0) is 10.0 Å². The first-order chi connectivity index (χ1) is 8.98. The van der Waals surface area contributed by atoms with Crippen molar-refractivity contribution in [2.24, 2.45) is 0 Å². The van der Waals surface area contributed by atoms with Crippen LogP contribution in [0.25, 0.3) is 0 Å². The number of rotatable bonds is 6. The molecule has 6 nitrogen and oxygen atoms in total. The lowest BCUT2D eigenvalue weighted by Crippen LogP contribution is -2.34. The van der Waals surface area contributed by atoms with Gasteiger partial charge >= 0.3 is 5.97 Å². The standard InChI is InChI=1S/C12H16N2O4S/c1-2-7-14(9-3-4-9)19(17,18)11-8-13-6-5-10(11)12(15)16/h5-6,8-9H,2-4,7H2,1H3,(H,15,16). The predicted molar refractivity (Wildman–Crippen MR) is 68.4 cm³/mol. The van der Waals surface area contributed by atoms with E-state index in [9.17, 15) is 13.2 Å². The van der Waals surface area contributed by atoms with Gasteiger partial charge in [0.1, 0.15) is 4.90 Å². The Morgan fingerprint density at radius 1 is 1.53 bits per heavy atom. The molecule has 0 amide bonds. The maximum absolute atomic E-state index is 12.6. The number of carboxylic acid groups (broad SMARTS) is 1. The second-order valence-electron chi connectivity index (χ2n) is 4.52. The maximum Gasteiger partial charge on any atom is 0.337 e. The van der Waals surface area contributed by atoms with Gasteiger partial charge in [-0.15, -0.1) is 0 Å². The van der Waals surface area contributed by atoms with E-state index in [4.69, 9.17) is 5.11 Å². The lowest BCUT2D eigenvalue weighted by Gasteiger charge is -2.21. The molecule has 19 heavy (non-hydrogen) atoms. The average Bonchev–Trinajstić information content (AvgIpc) is 3.20. The summed E-state index contributed by atoms with van der Waals surface area (Å²) in [6.07, 6.45) is 4.76. The molecular formula is C12H16N2O4S. The van der Waals surface area contributed by atoms with Crippen LogP contribution in [0.3, 0.4) is 0 Å². The lowest BCUT2D eigenvalue weighted by atomic mass is 10.3. The number of aromatic carboxylic acids is 1. The van der Waals surface area contributed by atoms with E-state index in [2.05, 4.69) is 4.98 Å². The molecule has 0 bridgehead atoms. The van der Waals surface area contributed by atoms with Gasteiger partial charge in [0.2, 0.25) is 10.0 Å². The third kappa shape index (κ3) is 2.76. The Hall–Kier alpha value is -1.47. The van der Waals surface area contributed by atoms with Crippen molar-refractivity contribution in [1.29, 1.82) is 0 Å². The highest BCUT2D eigenvalue weighted by Gasteiger charge is 2.39. The Labute approximate surface area is 112 Å². The molecule has 2 rings (SSSR count). The van der Waals surface area contributed by atoms with Crippen molar-refractivity contribution in [2.45, 2.75) is 37.1 Å². The molecule has 0 saturated heterocycles. The molecular weight excluding hydrogens is 268 g/mol. The van der Waals surface area contributed by atoms with Gasteiger partial charge in [-0.25, -0.2) is 13.2 Å². The van der Waals surface area contributed by atoms with E-state index >= 15 is 0 Å². The monoisotopic (exact) mass is 284 g/mol. The van der Waals surface area contributed by atoms with Gasteiger partial charge in [0.15, 0.2) is 0 Å². The van der Waals surface area contributed by atoms with Crippen LogP contribution in [0.15, 0.2) is 23.4 Å². The van der Waals surface area contributed by atoms with Crippen LogP contribution in [-0.4, -0.2) is 41.4 Å². The van der Waals surface area contributed by atoms with Gasteiger partial charge in [-0.2, -0.15) is 4.31 Å². The third-order valence-corrected chi connectivity index (χ3v) is 4.98. The molecule has 0 radical (unpaired) electrons. The quantitative estimate of drug-likeness (QED) is 0.851. The Morgan fingerprint density at radius 3 is 2.74 bits per heavy atom. The summed E-state index contributed by atoms with van der Waals surface area (Å²) in [5, 5.41) is 9.08. The SMILES string of the molecule is CCCN(C1CC1)S(=O)(=O)c1cnccc1C(=O)O. The molecule has 7 heteroatoms. The van der Waals surface area contributed by atoms with Gasteiger partial charge in [-0.05, 0) is 25.3 Å².